The quantitative estimate of drug-likeness (QED) is 0.732. The fraction of sp³-hybridized carbons (Fsp3) is 0.250. The highest BCUT2D eigenvalue weighted by molar-refractivity contribution is 5.84. The minimum atomic E-state index is -0.176. The van der Waals surface area contributed by atoms with Crippen LogP contribution in [0, 0.1) is 5.92 Å². The second-order valence-electron chi connectivity index (χ2n) is 3.52. The van der Waals surface area contributed by atoms with Crippen molar-refractivity contribution >= 4 is 12.0 Å². The molecule has 0 spiro atoms. The lowest BCUT2D eigenvalue weighted by Gasteiger charge is -2.20. The van der Waals surface area contributed by atoms with E-state index in [2.05, 4.69) is 9.98 Å². The maximum atomic E-state index is 11.4. The van der Waals surface area contributed by atoms with E-state index in [1.54, 1.807) is 19.3 Å². The molecule has 0 N–H and O–H groups in total. The summed E-state index contributed by atoms with van der Waals surface area (Å²) < 4.78 is 0. The van der Waals surface area contributed by atoms with Crippen molar-refractivity contribution in [2.24, 2.45) is 10.9 Å². The number of carbonyl (C=O) groups is 1. The Balaban J connectivity index is 2.32. The van der Waals surface area contributed by atoms with Gasteiger partial charge in [0.05, 0.1) is 11.6 Å². The van der Waals surface area contributed by atoms with Gasteiger partial charge in [0.25, 0.3) is 0 Å². The standard InChI is InChI=1S/C12H12N2O/c1-9(15)10-5-4-8-14-12(10)11-6-2-3-7-13-11/h2-8,10,12H,1H3. The van der Waals surface area contributed by atoms with Gasteiger partial charge in [-0.3, -0.25) is 14.8 Å². The topological polar surface area (TPSA) is 42.3 Å². The summed E-state index contributed by atoms with van der Waals surface area (Å²) in [6, 6.07) is 5.51. The molecule has 0 radical (unpaired) electrons. The predicted octanol–water partition coefficient (Wildman–Crippen LogP) is 1.97. The molecule has 1 aliphatic rings. The molecule has 0 saturated heterocycles. The third-order valence-corrected chi connectivity index (χ3v) is 2.45. The third-order valence-electron chi connectivity index (χ3n) is 2.45. The summed E-state index contributed by atoms with van der Waals surface area (Å²) in [5.74, 6) is -0.0522. The minimum Gasteiger partial charge on any atom is -0.299 e. The van der Waals surface area contributed by atoms with Crippen LogP contribution in [0.1, 0.15) is 18.7 Å². The molecule has 2 rings (SSSR count). The van der Waals surface area contributed by atoms with Crippen LogP contribution >= 0.6 is 0 Å². The van der Waals surface area contributed by atoms with Gasteiger partial charge in [-0.15, -0.1) is 0 Å². The second kappa shape index (κ2) is 4.17. The van der Waals surface area contributed by atoms with Gasteiger partial charge in [-0.05, 0) is 25.1 Å². The molecule has 2 atom stereocenters. The van der Waals surface area contributed by atoms with E-state index in [1.165, 1.54) is 0 Å². The number of carbonyl (C=O) groups excluding carboxylic acids is 1. The van der Waals surface area contributed by atoms with E-state index in [-0.39, 0.29) is 17.7 Å². The minimum absolute atomic E-state index is 0.124. The summed E-state index contributed by atoms with van der Waals surface area (Å²) in [6.45, 7) is 1.59. The fourth-order valence-electron chi connectivity index (χ4n) is 1.68. The van der Waals surface area contributed by atoms with Crippen LogP contribution in [-0.4, -0.2) is 17.0 Å². The molecule has 1 aromatic heterocycles. The smallest absolute Gasteiger partial charge is 0.139 e. The van der Waals surface area contributed by atoms with Gasteiger partial charge in [0, 0.05) is 12.4 Å². The number of Topliss-reactive ketones (excluding diaryl/α,β-unsaturated/α-hetero) is 1. The first-order valence-electron chi connectivity index (χ1n) is 4.90. The molecule has 3 nitrogen and oxygen atoms in total. The van der Waals surface area contributed by atoms with Gasteiger partial charge in [0.1, 0.15) is 11.8 Å². The lowest BCUT2D eigenvalue weighted by molar-refractivity contribution is -0.119. The maximum Gasteiger partial charge on any atom is 0.139 e. The van der Waals surface area contributed by atoms with Crippen LogP contribution in [0.4, 0.5) is 0 Å². The number of aromatic nitrogens is 1. The molecule has 1 aromatic rings. The Morgan fingerprint density at radius 2 is 2.27 bits per heavy atom. The second-order valence-corrected chi connectivity index (χ2v) is 3.52. The van der Waals surface area contributed by atoms with Crippen LogP contribution in [0.25, 0.3) is 0 Å². The average Bonchev–Trinajstić information content (AvgIpc) is 2.30. The van der Waals surface area contributed by atoms with Gasteiger partial charge in [0.2, 0.25) is 0 Å². The number of pyridine rings is 1. The summed E-state index contributed by atoms with van der Waals surface area (Å²) in [5.41, 5.74) is 0.846. The molecule has 0 fully saturated rings. The Labute approximate surface area is 88.6 Å². The first-order valence-corrected chi connectivity index (χ1v) is 4.90. The Morgan fingerprint density at radius 1 is 1.40 bits per heavy atom. The summed E-state index contributed by atoms with van der Waals surface area (Å²) in [6.07, 6.45) is 7.14. The van der Waals surface area contributed by atoms with Crippen molar-refractivity contribution < 1.29 is 4.79 Å². The normalized spacial score (nSPS) is 24.1. The van der Waals surface area contributed by atoms with Gasteiger partial charge in [0.15, 0.2) is 0 Å². The van der Waals surface area contributed by atoms with Crippen LogP contribution < -0.4 is 0 Å². The zero-order valence-corrected chi connectivity index (χ0v) is 8.50. The van der Waals surface area contributed by atoms with Crippen LogP contribution in [-0.2, 0) is 4.79 Å². The molecule has 76 valence electrons. The summed E-state index contributed by atoms with van der Waals surface area (Å²) in [4.78, 5) is 20.0. The highest BCUT2D eigenvalue weighted by Crippen LogP contribution is 2.28. The monoisotopic (exact) mass is 200 g/mol. The molecule has 1 aliphatic heterocycles. The predicted molar refractivity (Wildman–Crippen MR) is 58.8 cm³/mol. The zero-order chi connectivity index (χ0) is 10.7. The first-order chi connectivity index (χ1) is 7.29. The average molecular weight is 200 g/mol. The van der Waals surface area contributed by atoms with Gasteiger partial charge in [-0.2, -0.15) is 0 Å². The lowest BCUT2D eigenvalue weighted by Crippen LogP contribution is -2.19. The molecule has 2 unspecified atom stereocenters. The van der Waals surface area contributed by atoms with E-state index >= 15 is 0 Å². The third kappa shape index (κ3) is 2.01. The number of rotatable bonds is 2. The summed E-state index contributed by atoms with van der Waals surface area (Å²) >= 11 is 0. The molecule has 2 heterocycles. The van der Waals surface area contributed by atoms with Crippen molar-refractivity contribution in [3.05, 3.63) is 42.2 Å². The van der Waals surface area contributed by atoms with E-state index in [0.717, 1.165) is 5.69 Å². The van der Waals surface area contributed by atoms with E-state index in [9.17, 15) is 4.79 Å². The molecule has 3 heteroatoms. The van der Waals surface area contributed by atoms with Crippen LogP contribution in [0.3, 0.4) is 0 Å². The van der Waals surface area contributed by atoms with Crippen molar-refractivity contribution in [3.63, 3.8) is 0 Å². The van der Waals surface area contributed by atoms with Gasteiger partial charge >= 0.3 is 0 Å². The molecule has 0 bridgehead atoms. The van der Waals surface area contributed by atoms with Gasteiger partial charge in [-0.1, -0.05) is 12.1 Å². The van der Waals surface area contributed by atoms with Crippen LogP contribution in [0.2, 0.25) is 0 Å². The highest BCUT2D eigenvalue weighted by Gasteiger charge is 2.26. The molecule has 15 heavy (non-hydrogen) atoms. The number of hydrogen-bond acceptors (Lipinski definition) is 3. The van der Waals surface area contributed by atoms with Crippen molar-refractivity contribution in [1.29, 1.82) is 0 Å². The number of hydrogen-bond donors (Lipinski definition) is 0. The van der Waals surface area contributed by atoms with Gasteiger partial charge < -0.3 is 0 Å². The number of nitrogens with zero attached hydrogens (tertiary/aromatic N) is 2. The molecular weight excluding hydrogens is 188 g/mol. The Morgan fingerprint density at radius 3 is 2.93 bits per heavy atom. The highest BCUT2D eigenvalue weighted by atomic mass is 16.1. The summed E-state index contributed by atoms with van der Waals surface area (Å²) in [7, 11) is 0. The molecular formula is C12H12N2O. The van der Waals surface area contributed by atoms with Crippen molar-refractivity contribution in [3.8, 4) is 0 Å². The fourth-order valence-corrected chi connectivity index (χ4v) is 1.68. The molecule has 0 aromatic carbocycles. The zero-order valence-electron chi connectivity index (χ0n) is 8.50. The van der Waals surface area contributed by atoms with E-state index < -0.39 is 0 Å². The number of aliphatic imine (C=N–C) groups is 1. The number of dihydropyridines is 1. The van der Waals surface area contributed by atoms with Crippen molar-refractivity contribution in [1.82, 2.24) is 4.98 Å². The lowest BCUT2D eigenvalue weighted by atomic mass is 9.91. The maximum absolute atomic E-state index is 11.4. The van der Waals surface area contributed by atoms with E-state index in [0.29, 0.717) is 0 Å². The number of ketones is 1. The SMILES string of the molecule is CC(=O)C1C=CC=NC1c1ccccn1. The van der Waals surface area contributed by atoms with Crippen molar-refractivity contribution in [2.45, 2.75) is 13.0 Å². The van der Waals surface area contributed by atoms with E-state index in [1.807, 2.05) is 30.4 Å². The molecule has 0 amide bonds. The molecule has 0 saturated carbocycles. The Kier molecular flexibility index (Phi) is 2.72. The van der Waals surface area contributed by atoms with Crippen molar-refractivity contribution in [2.75, 3.05) is 0 Å². The first kappa shape index (κ1) is 9.77. The van der Waals surface area contributed by atoms with Crippen LogP contribution in [0.15, 0.2) is 41.5 Å². The number of allylic oxidation sites excluding steroid dienone is 1. The van der Waals surface area contributed by atoms with E-state index in [4.69, 9.17) is 0 Å². The van der Waals surface area contributed by atoms with Crippen LogP contribution in [0.5, 0.6) is 0 Å². The largest absolute Gasteiger partial charge is 0.299 e. The van der Waals surface area contributed by atoms with Gasteiger partial charge in [-0.25, -0.2) is 0 Å². The summed E-state index contributed by atoms with van der Waals surface area (Å²) in [5, 5.41) is 0. The Bertz CT molecular complexity index is 409. The Hall–Kier alpha value is -1.77. The molecule has 0 aliphatic carbocycles.